The standard InChI is InChI=1S/C11H14FNO2/c1-13-8-11(14)15-7-6-9-2-4-10(12)5-3-9/h2-5,13H,6-8H2,1H3. The minimum Gasteiger partial charge on any atom is -0.464 e. The average molecular weight is 211 g/mol. The number of hydrogen-bond donors (Lipinski definition) is 1. The highest BCUT2D eigenvalue weighted by Crippen LogP contribution is 2.03. The number of ether oxygens (including phenoxy) is 1. The van der Waals surface area contributed by atoms with Gasteiger partial charge in [-0.25, -0.2) is 4.39 Å². The molecule has 1 aromatic rings. The smallest absolute Gasteiger partial charge is 0.319 e. The molecule has 15 heavy (non-hydrogen) atoms. The van der Waals surface area contributed by atoms with Crippen LogP contribution in [0.1, 0.15) is 5.56 Å². The van der Waals surface area contributed by atoms with Crippen molar-refractivity contribution >= 4 is 5.97 Å². The van der Waals surface area contributed by atoms with Crippen LogP contribution < -0.4 is 5.32 Å². The molecular weight excluding hydrogens is 197 g/mol. The van der Waals surface area contributed by atoms with E-state index in [1.54, 1.807) is 19.2 Å². The van der Waals surface area contributed by atoms with E-state index in [0.29, 0.717) is 13.0 Å². The molecule has 0 spiro atoms. The zero-order valence-corrected chi connectivity index (χ0v) is 8.63. The average Bonchev–Trinajstić information content (AvgIpc) is 2.21. The summed E-state index contributed by atoms with van der Waals surface area (Å²) in [5.41, 5.74) is 0.952. The molecule has 0 bridgehead atoms. The van der Waals surface area contributed by atoms with Crippen molar-refractivity contribution in [1.29, 1.82) is 0 Å². The van der Waals surface area contributed by atoms with E-state index < -0.39 is 0 Å². The number of hydrogen-bond acceptors (Lipinski definition) is 3. The summed E-state index contributed by atoms with van der Waals surface area (Å²) in [5, 5.41) is 2.70. The minimum atomic E-state index is -0.278. The Morgan fingerprint density at radius 3 is 2.67 bits per heavy atom. The third kappa shape index (κ3) is 4.56. The molecule has 0 saturated carbocycles. The molecule has 1 rings (SSSR count). The maximum absolute atomic E-state index is 12.5. The lowest BCUT2D eigenvalue weighted by Crippen LogP contribution is -2.21. The molecule has 0 aromatic heterocycles. The first-order chi connectivity index (χ1) is 7.22. The first-order valence-electron chi connectivity index (χ1n) is 4.77. The van der Waals surface area contributed by atoms with Gasteiger partial charge in [0.15, 0.2) is 0 Å². The van der Waals surface area contributed by atoms with Crippen LogP contribution in [0, 0.1) is 5.82 Å². The number of benzene rings is 1. The number of carbonyl (C=O) groups excluding carboxylic acids is 1. The molecule has 0 aliphatic carbocycles. The predicted molar refractivity (Wildman–Crippen MR) is 55.0 cm³/mol. The van der Waals surface area contributed by atoms with Crippen molar-refractivity contribution in [2.75, 3.05) is 20.2 Å². The van der Waals surface area contributed by atoms with Gasteiger partial charge in [-0.2, -0.15) is 0 Å². The summed E-state index contributed by atoms with van der Waals surface area (Å²) in [6.07, 6.45) is 0.607. The number of nitrogens with one attached hydrogen (secondary N) is 1. The Labute approximate surface area is 88.2 Å². The van der Waals surface area contributed by atoms with Crippen LogP contribution >= 0.6 is 0 Å². The van der Waals surface area contributed by atoms with Crippen molar-refractivity contribution in [3.63, 3.8) is 0 Å². The summed E-state index contributed by atoms with van der Waals surface area (Å²) in [4.78, 5) is 10.9. The van der Waals surface area contributed by atoms with Crippen LogP contribution in [-0.4, -0.2) is 26.2 Å². The first kappa shape index (κ1) is 11.7. The van der Waals surface area contributed by atoms with Crippen molar-refractivity contribution in [1.82, 2.24) is 5.32 Å². The molecule has 1 aromatic carbocycles. The molecule has 0 unspecified atom stereocenters. The van der Waals surface area contributed by atoms with Gasteiger partial charge >= 0.3 is 5.97 Å². The number of esters is 1. The molecule has 0 heterocycles. The quantitative estimate of drug-likeness (QED) is 0.742. The van der Waals surface area contributed by atoms with Gasteiger partial charge in [-0.3, -0.25) is 4.79 Å². The predicted octanol–water partition coefficient (Wildman–Crippen LogP) is 1.13. The lowest BCUT2D eigenvalue weighted by Gasteiger charge is -2.04. The summed E-state index contributed by atoms with van der Waals surface area (Å²) < 4.78 is 17.5. The van der Waals surface area contributed by atoms with Crippen LogP contribution in [0.3, 0.4) is 0 Å². The van der Waals surface area contributed by atoms with E-state index in [2.05, 4.69) is 5.32 Å². The zero-order valence-electron chi connectivity index (χ0n) is 8.63. The van der Waals surface area contributed by atoms with Gasteiger partial charge in [-0.1, -0.05) is 12.1 Å². The maximum Gasteiger partial charge on any atom is 0.319 e. The van der Waals surface area contributed by atoms with Crippen molar-refractivity contribution in [2.24, 2.45) is 0 Å². The topological polar surface area (TPSA) is 38.3 Å². The lowest BCUT2D eigenvalue weighted by atomic mass is 10.2. The maximum atomic E-state index is 12.5. The number of likely N-dealkylation sites (N-methyl/N-ethyl adjacent to an activating group) is 1. The van der Waals surface area contributed by atoms with E-state index in [0.717, 1.165) is 5.56 Å². The van der Waals surface area contributed by atoms with Crippen LogP contribution in [0.5, 0.6) is 0 Å². The number of rotatable bonds is 5. The van der Waals surface area contributed by atoms with E-state index in [4.69, 9.17) is 4.74 Å². The second-order valence-electron chi connectivity index (χ2n) is 3.13. The molecule has 3 nitrogen and oxygen atoms in total. The highest BCUT2D eigenvalue weighted by Gasteiger charge is 2.00. The summed E-state index contributed by atoms with van der Waals surface area (Å²) in [5.74, 6) is -0.537. The van der Waals surface area contributed by atoms with Gasteiger partial charge in [0.1, 0.15) is 5.82 Å². The fourth-order valence-electron chi connectivity index (χ4n) is 1.13. The Kier molecular flexibility index (Phi) is 4.77. The lowest BCUT2D eigenvalue weighted by molar-refractivity contribution is -0.142. The monoisotopic (exact) mass is 211 g/mol. The Hall–Kier alpha value is -1.42. The molecule has 0 saturated heterocycles. The largest absolute Gasteiger partial charge is 0.464 e. The fraction of sp³-hybridized carbons (Fsp3) is 0.364. The normalized spacial score (nSPS) is 10.0. The van der Waals surface area contributed by atoms with Gasteiger partial charge in [0.2, 0.25) is 0 Å². The van der Waals surface area contributed by atoms with E-state index in [9.17, 15) is 9.18 Å². The van der Waals surface area contributed by atoms with Crippen LogP contribution in [0.2, 0.25) is 0 Å². The van der Waals surface area contributed by atoms with Gasteiger partial charge in [-0.05, 0) is 24.7 Å². The van der Waals surface area contributed by atoms with Crippen LogP contribution in [0.15, 0.2) is 24.3 Å². The molecular formula is C11H14FNO2. The van der Waals surface area contributed by atoms with E-state index in [1.807, 2.05) is 0 Å². The molecule has 0 radical (unpaired) electrons. The molecule has 82 valence electrons. The van der Waals surface area contributed by atoms with Crippen molar-refractivity contribution in [3.8, 4) is 0 Å². The van der Waals surface area contributed by atoms with E-state index in [-0.39, 0.29) is 18.3 Å². The summed E-state index contributed by atoms with van der Waals surface area (Å²) >= 11 is 0. The first-order valence-corrected chi connectivity index (χ1v) is 4.77. The van der Waals surface area contributed by atoms with Gasteiger partial charge in [-0.15, -0.1) is 0 Å². The van der Waals surface area contributed by atoms with Crippen molar-refractivity contribution < 1.29 is 13.9 Å². The third-order valence-electron chi connectivity index (χ3n) is 1.89. The van der Waals surface area contributed by atoms with Crippen LogP contribution in [0.4, 0.5) is 4.39 Å². The number of carbonyl (C=O) groups is 1. The molecule has 0 atom stereocenters. The highest BCUT2D eigenvalue weighted by molar-refractivity contribution is 5.71. The molecule has 1 N–H and O–H groups in total. The molecule has 0 aliphatic heterocycles. The van der Waals surface area contributed by atoms with Crippen LogP contribution in [-0.2, 0) is 16.0 Å². The van der Waals surface area contributed by atoms with Crippen molar-refractivity contribution in [3.05, 3.63) is 35.6 Å². The van der Waals surface area contributed by atoms with E-state index >= 15 is 0 Å². The Morgan fingerprint density at radius 2 is 2.07 bits per heavy atom. The Balaban J connectivity index is 2.26. The Bertz CT molecular complexity index is 311. The molecule has 4 heteroatoms. The second kappa shape index (κ2) is 6.14. The SMILES string of the molecule is CNCC(=O)OCCc1ccc(F)cc1. The van der Waals surface area contributed by atoms with Gasteiger partial charge in [0, 0.05) is 6.42 Å². The molecule has 0 fully saturated rings. The zero-order chi connectivity index (χ0) is 11.1. The third-order valence-corrected chi connectivity index (χ3v) is 1.89. The van der Waals surface area contributed by atoms with Gasteiger partial charge in [0.25, 0.3) is 0 Å². The number of halogens is 1. The molecule has 0 aliphatic rings. The Morgan fingerprint density at radius 1 is 1.40 bits per heavy atom. The second-order valence-corrected chi connectivity index (χ2v) is 3.13. The summed E-state index contributed by atoms with van der Waals surface area (Å²) in [7, 11) is 1.68. The minimum absolute atomic E-state index is 0.212. The van der Waals surface area contributed by atoms with E-state index in [1.165, 1.54) is 12.1 Å². The summed E-state index contributed by atoms with van der Waals surface area (Å²) in [6.45, 7) is 0.537. The summed E-state index contributed by atoms with van der Waals surface area (Å²) in [6, 6.07) is 6.15. The van der Waals surface area contributed by atoms with Gasteiger partial charge in [0.05, 0.1) is 13.2 Å². The highest BCUT2D eigenvalue weighted by atomic mass is 19.1. The van der Waals surface area contributed by atoms with Crippen molar-refractivity contribution in [2.45, 2.75) is 6.42 Å². The fourth-order valence-corrected chi connectivity index (χ4v) is 1.13. The molecule has 0 amide bonds. The van der Waals surface area contributed by atoms with Gasteiger partial charge < -0.3 is 10.1 Å². The van der Waals surface area contributed by atoms with Crippen LogP contribution in [0.25, 0.3) is 0 Å².